The molecule has 2 aliphatic rings. The van der Waals surface area contributed by atoms with Gasteiger partial charge in [-0.1, -0.05) is 30.3 Å². The molecule has 0 radical (unpaired) electrons. The van der Waals surface area contributed by atoms with Gasteiger partial charge in [0, 0.05) is 19.7 Å². The molecule has 0 unspecified atom stereocenters. The predicted octanol–water partition coefficient (Wildman–Crippen LogP) is 2.88. The van der Waals surface area contributed by atoms with Crippen molar-refractivity contribution in [3.63, 3.8) is 0 Å². The molecule has 2 aromatic rings. The summed E-state index contributed by atoms with van der Waals surface area (Å²) in [5, 5.41) is 0.220. The van der Waals surface area contributed by atoms with E-state index in [4.69, 9.17) is 4.74 Å². The maximum absolute atomic E-state index is 12.9. The van der Waals surface area contributed by atoms with Crippen LogP contribution in [0.25, 0.3) is 0 Å². The van der Waals surface area contributed by atoms with E-state index in [1.807, 2.05) is 22.8 Å². The highest BCUT2D eigenvalue weighted by atomic mass is 32.2. The van der Waals surface area contributed by atoms with Gasteiger partial charge in [-0.3, -0.25) is 4.90 Å². The van der Waals surface area contributed by atoms with Crippen LogP contribution in [0, 0.1) is 5.92 Å². The Morgan fingerprint density at radius 1 is 1.18 bits per heavy atom. The zero-order valence-corrected chi connectivity index (χ0v) is 17.3. The van der Waals surface area contributed by atoms with Gasteiger partial charge in [0.1, 0.15) is 0 Å². The van der Waals surface area contributed by atoms with Crippen molar-refractivity contribution in [3.8, 4) is 0 Å². The van der Waals surface area contributed by atoms with E-state index < -0.39 is 9.84 Å². The fourth-order valence-electron chi connectivity index (χ4n) is 3.85. The number of hydrogen-bond acceptors (Lipinski definition) is 5. The standard InChI is InChI=1S/C21H29N3O3S/c1-23(13-17-6-3-2-4-7-17)14-19-12-22-21(28(25,26)16-18-9-10-18)24(19)15-20-8-5-11-27-20/h2-4,6-7,12,18,20H,5,8-11,13-16H2,1H3/t20-/m1/s1. The van der Waals surface area contributed by atoms with Crippen LogP contribution in [0.5, 0.6) is 0 Å². The van der Waals surface area contributed by atoms with Crippen molar-refractivity contribution < 1.29 is 13.2 Å². The minimum atomic E-state index is -3.37. The highest BCUT2D eigenvalue weighted by Crippen LogP contribution is 2.32. The Bertz CT molecular complexity index is 885. The Hall–Kier alpha value is -1.70. The highest BCUT2D eigenvalue weighted by molar-refractivity contribution is 7.91. The third-order valence-corrected chi connectivity index (χ3v) is 7.26. The van der Waals surface area contributed by atoms with Gasteiger partial charge in [-0.05, 0) is 44.2 Å². The zero-order valence-electron chi connectivity index (χ0n) is 16.5. The summed E-state index contributed by atoms with van der Waals surface area (Å²) in [7, 11) is -1.32. The van der Waals surface area contributed by atoms with Gasteiger partial charge in [0.2, 0.25) is 15.0 Å². The molecule has 4 rings (SSSR count). The van der Waals surface area contributed by atoms with Crippen LogP contribution >= 0.6 is 0 Å². The summed E-state index contributed by atoms with van der Waals surface area (Å²) in [6.45, 7) is 2.77. The molecule has 0 bridgehead atoms. The molecular formula is C21H29N3O3S. The lowest BCUT2D eigenvalue weighted by Gasteiger charge is -2.20. The lowest BCUT2D eigenvalue weighted by molar-refractivity contribution is 0.0934. The minimum Gasteiger partial charge on any atom is -0.376 e. The first-order valence-corrected chi connectivity index (χ1v) is 11.8. The van der Waals surface area contributed by atoms with Gasteiger partial charge in [0.05, 0.1) is 30.3 Å². The maximum Gasteiger partial charge on any atom is 0.227 e. The normalized spacial score (nSPS) is 20.1. The van der Waals surface area contributed by atoms with E-state index in [1.54, 1.807) is 6.20 Å². The second kappa shape index (κ2) is 8.35. The van der Waals surface area contributed by atoms with Crippen LogP contribution in [0.15, 0.2) is 41.7 Å². The van der Waals surface area contributed by atoms with Crippen LogP contribution in [0.2, 0.25) is 0 Å². The molecule has 1 aliphatic carbocycles. The number of aromatic nitrogens is 2. The number of imidazole rings is 1. The predicted molar refractivity (Wildman–Crippen MR) is 108 cm³/mol. The van der Waals surface area contributed by atoms with Crippen molar-refractivity contribution in [2.75, 3.05) is 19.4 Å². The van der Waals surface area contributed by atoms with Crippen molar-refractivity contribution in [1.29, 1.82) is 0 Å². The summed E-state index contributed by atoms with van der Waals surface area (Å²) in [6.07, 6.45) is 5.83. The first-order chi connectivity index (χ1) is 13.5. The Morgan fingerprint density at radius 3 is 2.64 bits per heavy atom. The fraction of sp³-hybridized carbons (Fsp3) is 0.571. The van der Waals surface area contributed by atoms with Crippen LogP contribution < -0.4 is 0 Å². The van der Waals surface area contributed by atoms with E-state index in [2.05, 4.69) is 29.1 Å². The van der Waals surface area contributed by atoms with Gasteiger partial charge in [-0.25, -0.2) is 13.4 Å². The Labute approximate surface area is 167 Å². The molecule has 7 heteroatoms. The Balaban J connectivity index is 1.55. The molecule has 0 spiro atoms. The first kappa shape index (κ1) is 19.6. The number of hydrogen-bond donors (Lipinski definition) is 0. The number of benzene rings is 1. The zero-order chi connectivity index (χ0) is 19.6. The molecule has 1 aromatic heterocycles. The van der Waals surface area contributed by atoms with Crippen LogP contribution in [0.4, 0.5) is 0 Å². The molecule has 28 heavy (non-hydrogen) atoms. The number of nitrogens with zero attached hydrogens (tertiary/aromatic N) is 3. The molecular weight excluding hydrogens is 374 g/mol. The van der Waals surface area contributed by atoms with Gasteiger partial charge >= 0.3 is 0 Å². The number of ether oxygens (including phenoxy) is 1. The highest BCUT2D eigenvalue weighted by Gasteiger charge is 2.33. The SMILES string of the molecule is CN(Cc1ccccc1)Cc1cnc(S(=O)(=O)CC2CC2)n1C[C@H]1CCCO1. The van der Waals surface area contributed by atoms with Gasteiger partial charge < -0.3 is 9.30 Å². The van der Waals surface area contributed by atoms with E-state index >= 15 is 0 Å². The lowest BCUT2D eigenvalue weighted by atomic mass is 10.2. The molecule has 1 saturated carbocycles. The molecule has 0 N–H and O–H groups in total. The van der Waals surface area contributed by atoms with E-state index in [9.17, 15) is 8.42 Å². The van der Waals surface area contributed by atoms with Crippen molar-refractivity contribution in [2.24, 2.45) is 5.92 Å². The number of sulfone groups is 1. The summed E-state index contributed by atoms with van der Waals surface area (Å²) in [4.78, 5) is 6.55. The summed E-state index contributed by atoms with van der Waals surface area (Å²) < 4.78 is 33.5. The maximum atomic E-state index is 12.9. The van der Waals surface area contributed by atoms with Crippen molar-refractivity contribution in [2.45, 2.75) is 56.6 Å². The third kappa shape index (κ3) is 4.82. The molecule has 152 valence electrons. The Kier molecular flexibility index (Phi) is 5.85. The van der Waals surface area contributed by atoms with Crippen LogP contribution in [0.3, 0.4) is 0 Å². The first-order valence-electron chi connectivity index (χ1n) is 10.1. The molecule has 0 amide bonds. The average Bonchev–Trinajstić information content (AvgIpc) is 3.15. The minimum absolute atomic E-state index is 0.0715. The summed E-state index contributed by atoms with van der Waals surface area (Å²) >= 11 is 0. The molecule has 2 fully saturated rings. The van der Waals surface area contributed by atoms with E-state index in [1.165, 1.54) is 5.56 Å². The van der Waals surface area contributed by atoms with Crippen molar-refractivity contribution >= 4 is 9.84 Å². The summed E-state index contributed by atoms with van der Waals surface area (Å²) in [5.41, 5.74) is 2.17. The average molecular weight is 404 g/mol. The van der Waals surface area contributed by atoms with Gasteiger partial charge in [-0.2, -0.15) is 0 Å². The second-order valence-electron chi connectivity index (χ2n) is 8.16. The third-order valence-electron chi connectivity index (χ3n) is 5.47. The van der Waals surface area contributed by atoms with Crippen LogP contribution in [-0.2, 0) is 34.2 Å². The van der Waals surface area contributed by atoms with Crippen LogP contribution in [-0.4, -0.2) is 48.4 Å². The molecule has 2 heterocycles. The van der Waals surface area contributed by atoms with E-state index in [0.29, 0.717) is 19.0 Å². The second-order valence-corrected chi connectivity index (χ2v) is 10.1. The summed E-state index contributed by atoms with van der Waals surface area (Å²) in [6, 6.07) is 10.3. The summed E-state index contributed by atoms with van der Waals surface area (Å²) in [5.74, 6) is 0.525. The monoisotopic (exact) mass is 403 g/mol. The molecule has 1 aromatic carbocycles. The van der Waals surface area contributed by atoms with Crippen molar-refractivity contribution in [3.05, 3.63) is 47.8 Å². The van der Waals surface area contributed by atoms with E-state index in [-0.39, 0.29) is 17.0 Å². The largest absolute Gasteiger partial charge is 0.376 e. The molecule has 6 nitrogen and oxygen atoms in total. The number of rotatable bonds is 9. The van der Waals surface area contributed by atoms with E-state index in [0.717, 1.165) is 44.5 Å². The molecule has 1 saturated heterocycles. The fourth-order valence-corrected chi connectivity index (χ4v) is 5.69. The van der Waals surface area contributed by atoms with Crippen molar-refractivity contribution in [1.82, 2.24) is 14.5 Å². The quantitative estimate of drug-likeness (QED) is 0.644. The topological polar surface area (TPSA) is 64.4 Å². The van der Waals surface area contributed by atoms with Gasteiger partial charge in [-0.15, -0.1) is 0 Å². The van der Waals surface area contributed by atoms with Gasteiger partial charge in [0.15, 0.2) is 0 Å². The van der Waals surface area contributed by atoms with Gasteiger partial charge in [0.25, 0.3) is 0 Å². The molecule has 1 atom stereocenters. The molecule has 1 aliphatic heterocycles. The lowest BCUT2D eigenvalue weighted by Crippen LogP contribution is -2.25. The Morgan fingerprint density at radius 2 is 1.96 bits per heavy atom. The smallest absolute Gasteiger partial charge is 0.227 e. The van der Waals surface area contributed by atoms with Crippen LogP contribution in [0.1, 0.15) is 36.9 Å².